The molecule has 0 aromatic rings. The lowest BCUT2D eigenvalue weighted by Crippen LogP contribution is -2.55. The van der Waals surface area contributed by atoms with Gasteiger partial charge in [-0.3, -0.25) is 9.59 Å². The number of carbonyl (C=O) groups excluding carboxylic acids is 2. The summed E-state index contributed by atoms with van der Waals surface area (Å²) in [5.41, 5.74) is 10.8. The Morgan fingerprint density at radius 1 is 1.11 bits per heavy atom. The van der Waals surface area contributed by atoms with Crippen LogP contribution in [0.4, 0.5) is 0 Å². The fraction of sp³-hybridized carbons (Fsp3) is 0.846. The summed E-state index contributed by atoms with van der Waals surface area (Å²) in [6, 6.07) is 0.0600. The highest BCUT2D eigenvalue weighted by Gasteiger charge is 2.38. The molecular formula is C13H24ClN3O2. The van der Waals surface area contributed by atoms with E-state index in [0.29, 0.717) is 6.42 Å². The highest BCUT2D eigenvalue weighted by Crippen LogP contribution is 2.29. The Labute approximate surface area is 120 Å². The molecule has 2 atom stereocenters. The number of nitrogens with one attached hydrogen (secondary N) is 1. The van der Waals surface area contributed by atoms with Gasteiger partial charge in [-0.05, 0) is 32.1 Å². The van der Waals surface area contributed by atoms with Crippen molar-refractivity contribution in [2.45, 2.75) is 62.9 Å². The minimum absolute atomic E-state index is 0. The van der Waals surface area contributed by atoms with E-state index in [9.17, 15) is 9.59 Å². The predicted octanol–water partition coefficient (Wildman–Crippen LogP) is 0.840. The van der Waals surface area contributed by atoms with Crippen molar-refractivity contribution in [3.05, 3.63) is 0 Å². The van der Waals surface area contributed by atoms with Gasteiger partial charge in [-0.15, -0.1) is 12.4 Å². The number of rotatable bonds is 3. The Hall–Kier alpha value is -0.810. The molecule has 2 aliphatic rings. The maximum Gasteiger partial charge on any atom is 0.240 e. The van der Waals surface area contributed by atoms with E-state index in [4.69, 9.17) is 11.5 Å². The predicted molar refractivity (Wildman–Crippen MR) is 75.7 cm³/mol. The van der Waals surface area contributed by atoms with Crippen LogP contribution in [-0.4, -0.2) is 23.4 Å². The molecule has 0 bridgehead atoms. The Morgan fingerprint density at radius 3 is 2.32 bits per heavy atom. The number of carbonyl (C=O) groups is 2. The summed E-state index contributed by atoms with van der Waals surface area (Å²) in [6.07, 6.45) is 6.96. The summed E-state index contributed by atoms with van der Waals surface area (Å²) in [4.78, 5) is 23.3. The average molecular weight is 290 g/mol. The van der Waals surface area contributed by atoms with Gasteiger partial charge in [-0.25, -0.2) is 0 Å². The van der Waals surface area contributed by atoms with Gasteiger partial charge in [-0.1, -0.05) is 19.3 Å². The third-order valence-electron chi connectivity index (χ3n) is 4.36. The number of primary amides is 1. The van der Waals surface area contributed by atoms with Crippen LogP contribution in [0.15, 0.2) is 0 Å². The largest absolute Gasteiger partial charge is 0.369 e. The summed E-state index contributed by atoms with van der Waals surface area (Å²) in [7, 11) is 0. The first-order valence-corrected chi connectivity index (χ1v) is 6.90. The number of nitrogens with two attached hydrogens (primary N) is 2. The summed E-state index contributed by atoms with van der Waals surface area (Å²) in [6.45, 7) is 0. The second-order valence-electron chi connectivity index (χ2n) is 5.80. The lowest BCUT2D eigenvalue weighted by Gasteiger charge is -2.31. The molecule has 2 fully saturated rings. The van der Waals surface area contributed by atoms with Crippen molar-refractivity contribution in [2.24, 2.45) is 17.4 Å². The van der Waals surface area contributed by atoms with E-state index < -0.39 is 5.54 Å². The van der Waals surface area contributed by atoms with Crippen molar-refractivity contribution in [3.63, 3.8) is 0 Å². The van der Waals surface area contributed by atoms with Crippen LogP contribution in [-0.2, 0) is 9.59 Å². The molecule has 2 amide bonds. The Balaban J connectivity index is 0.00000180. The first kappa shape index (κ1) is 16.2. The average Bonchev–Trinajstić information content (AvgIpc) is 2.78. The second-order valence-corrected chi connectivity index (χ2v) is 5.80. The Morgan fingerprint density at radius 2 is 1.74 bits per heavy atom. The monoisotopic (exact) mass is 289 g/mol. The van der Waals surface area contributed by atoms with Crippen molar-refractivity contribution < 1.29 is 9.59 Å². The van der Waals surface area contributed by atoms with Crippen molar-refractivity contribution in [3.8, 4) is 0 Å². The van der Waals surface area contributed by atoms with Gasteiger partial charge in [-0.2, -0.15) is 0 Å². The van der Waals surface area contributed by atoms with Crippen LogP contribution < -0.4 is 16.8 Å². The van der Waals surface area contributed by atoms with E-state index in [0.717, 1.165) is 44.9 Å². The molecule has 2 saturated carbocycles. The highest BCUT2D eigenvalue weighted by molar-refractivity contribution is 5.86. The minimum Gasteiger partial charge on any atom is -0.369 e. The van der Waals surface area contributed by atoms with E-state index >= 15 is 0 Å². The molecule has 0 aromatic heterocycles. The summed E-state index contributed by atoms with van der Waals surface area (Å²) in [5, 5.41) is 3.01. The molecule has 2 unspecified atom stereocenters. The van der Waals surface area contributed by atoms with Gasteiger partial charge < -0.3 is 16.8 Å². The molecule has 0 aromatic carbocycles. The van der Waals surface area contributed by atoms with Gasteiger partial charge >= 0.3 is 0 Å². The molecule has 0 saturated heterocycles. The molecule has 0 heterocycles. The van der Waals surface area contributed by atoms with Gasteiger partial charge in [0.2, 0.25) is 11.8 Å². The molecule has 5 N–H and O–H groups in total. The molecule has 6 heteroatoms. The van der Waals surface area contributed by atoms with Crippen molar-refractivity contribution in [2.75, 3.05) is 0 Å². The van der Waals surface area contributed by atoms with E-state index in [2.05, 4.69) is 5.32 Å². The zero-order chi connectivity index (χ0) is 13.2. The van der Waals surface area contributed by atoms with E-state index in [1.54, 1.807) is 0 Å². The lowest BCUT2D eigenvalue weighted by atomic mass is 9.84. The van der Waals surface area contributed by atoms with Crippen molar-refractivity contribution in [1.82, 2.24) is 5.32 Å². The smallest absolute Gasteiger partial charge is 0.240 e. The van der Waals surface area contributed by atoms with Crippen LogP contribution in [0.2, 0.25) is 0 Å². The van der Waals surface area contributed by atoms with E-state index in [-0.39, 0.29) is 36.2 Å². The molecule has 0 radical (unpaired) electrons. The van der Waals surface area contributed by atoms with Gasteiger partial charge in [0.1, 0.15) is 0 Å². The minimum atomic E-state index is -0.681. The van der Waals surface area contributed by atoms with E-state index in [1.807, 2.05) is 0 Å². The zero-order valence-corrected chi connectivity index (χ0v) is 12.0. The highest BCUT2D eigenvalue weighted by atomic mass is 35.5. The number of halogens is 1. The third kappa shape index (κ3) is 3.83. The van der Waals surface area contributed by atoms with Crippen LogP contribution in [0, 0.1) is 5.92 Å². The topological polar surface area (TPSA) is 98.2 Å². The van der Waals surface area contributed by atoms with Crippen LogP contribution in [0.25, 0.3) is 0 Å². The first-order chi connectivity index (χ1) is 8.51. The zero-order valence-electron chi connectivity index (χ0n) is 11.2. The molecule has 2 aliphatic carbocycles. The molecule has 110 valence electrons. The normalized spacial score (nSPS) is 29.3. The fourth-order valence-corrected chi connectivity index (χ4v) is 3.14. The summed E-state index contributed by atoms with van der Waals surface area (Å²) >= 11 is 0. The quantitative estimate of drug-likeness (QED) is 0.718. The van der Waals surface area contributed by atoms with Gasteiger partial charge in [0.25, 0.3) is 0 Å². The van der Waals surface area contributed by atoms with Gasteiger partial charge in [0.15, 0.2) is 0 Å². The molecule has 5 nitrogen and oxygen atoms in total. The fourth-order valence-electron chi connectivity index (χ4n) is 3.14. The Kier molecular flexibility index (Phi) is 5.62. The molecular weight excluding hydrogens is 266 g/mol. The summed E-state index contributed by atoms with van der Waals surface area (Å²) < 4.78 is 0. The maximum absolute atomic E-state index is 12.2. The third-order valence-corrected chi connectivity index (χ3v) is 4.36. The molecule has 19 heavy (non-hydrogen) atoms. The van der Waals surface area contributed by atoms with Gasteiger partial charge in [0.05, 0.1) is 5.54 Å². The number of hydrogen-bond donors (Lipinski definition) is 3. The van der Waals surface area contributed by atoms with Crippen LogP contribution >= 0.6 is 12.4 Å². The van der Waals surface area contributed by atoms with Gasteiger partial charge in [0, 0.05) is 12.0 Å². The molecule has 2 rings (SSSR count). The van der Waals surface area contributed by atoms with Crippen LogP contribution in [0.3, 0.4) is 0 Å². The Bertz CT molecular complexity index is 343. The lowest BCUT2D eigenvalue weighted by molar-refractivity contribution is -0.128. The van der Waals surface area contributed by atoms with Crippen molar-refractivity contribution >= 4 is 24.2 Å². The standard InChI is InChI=1S/C13H23N3O2.ClH/c14-11(17)9-4-3-5-10(8-9)16-12(18)13(15)6-1-2-7-13;/h9-10H,1-8,15H2,(H2,14,17)(H,16,18);1H. The van der Waals surface area contributed by atoms with Crippen molar-refractivity contribution in [1.29, 1.82) is 0 Å². The van der Waals surface area contributed by atoms with E-state index in [1.165, 1.54) is 0 Å². The second kappa shape index (κ2) is 6.57. The summed E-state index contributed by atoms with van der Waals surface area (Å²) in [5.74, 6) is -0.395. The first-order valence-electron chi connectivity index (χ1n) is 6.90. The molecule has 0 spiro atoms. The van der Waals surface area contributed by atoms with Crippen LogP contribution in [0.1, 0.15) is 51.4 Å². The molecule has 0 aliphatic heterocycles. The SMILES string of the molecule is Cl.NC(=O)C1CCCC(NC(=O)C2(N)CCCC2)C1. The maximum atomic E-state index is 12.2. The number of hydrogen-bond acceptors (Lipinski definition) is 3. The van der Waals surface area contributed by atoms with Crippen LogP contribution in [0.5, 0.6) is 0 Å². The number of amides is 2.